The zero-order valence-electron chi connectivity index (χ0n) is 23.4. The van der Waals surface area contributed by atoms with Crippen LogP contribution in [-0.2, 0) is 32.0 Å². The van der Waals surface area contributed by atoms with Crippen molar-refractivity contribution in [3.63, 3.8) is 0 Å². The van der Waals surface area contributed by atoms with Gasteiger partial charge in [0.1, 0.15) is 23.9 Å². The summed E-state index contributed by atoms with van der Waals surface area (Å²) in [5.41, 5.74) is 2.05. The van der Waals surface area contributed by atoms with Crippen molar-refractivity contribution in [1.29, 1.82) is 0 Å². The van der Waals surface area contributed by atoms with E-state index in [0.29, 0.717) is 43.7 Å². The Morgan fingerprint density at radius 3 is 2.60 bits per heavy atom. The minimum Gasteiger partial charge on any atom is -0.506 e. The predicted octanol–water partition coefficient (Wildman–Crippen LogP) is 0.0172. The van der Waals surface area contributed by atoms with Gasteiger partial charge in [0.25, 0.3) is 0 Å². The van der Waals surface area contributed by atoms with Crippen LogP contribution >= 0.6 is 0 Å². The van der Waals surface area contributed by atoms with Gasteiger partial charge in [-0.3, -0.25) is 19.2 Å². The topological polar surface area (TPSA) is 158 Å². The van der Waals surface area contributed by atoms with Crippen LogP contribution in [0.25, 0.3) is 5.69 Å². The van der Waals surface area contributed by atoms with Crippen molar-refractivity contribution in [2.45, 2.75) is 70.6 Å². The molecule has 1 aromatic carbocycles. The van der Waals surface area contributed by atoms with E-state index in [2.05, 4.69) is 26.3 Å². The number of benzene rings is 1. The van der Waals surface area contributed by atoms with E-state index in [1.807, 2.05) is 19.9 Å². The highest BCUT2D eigenvalue weighted by atomic mass is 16.3. The summed E-state index contributed by atoms with van der Waals surface area (Å²) in [6, 6.07) is 2.20. The Kier molecular flexibility index (Phi) is 9.08. The fraction of sp³-hybridized carbons (Fsp3) is 0.536. The summed E-state index contributed by atoms with van der Waals surface area (Å²) in [5, 5.41) is 22.0. The van der Waals surface area contributed by atoms with E-state index in [-0.39, 0.29) is 29.9 Å². The Labute approximate surface area is 233 Å². The van der Waals surface area contributed by atoms with E-state index >= 15 is 0 Å². The molecule has 0 saturated carbocycles. The monoisotopic (exact) mass is 553 g/mol. The quantitative estimate of drug-likeness (QED) is 0.351. The van der Waals surface area contributed by atoms with Gasteiger partial charge in [-0.05, 0) is 56.8 Å². The number of imidazole rings is 1. The van der Waals surface area contributed by atoms with Gasteiger partial charge in [-0.25, -0.2) is 4.98 Å². The molecule has 1 fully saturated rings. The van der Waals surface area contributed by atoms with Crippen LogP contribution in [0.4, 0.5) is 0 Å². The molecule has 216 valence electrons. The predicted molar refractivity (Wildman–Crippen MR) is 148 cm³/mol. The minimum atomic E-state index is -0.896. The number of hydrogen-bond donors (Lipinski definition) is 5. The normalized spacial score (nSPS) is 25.1. The second kappa shape index (κ2) is 12.5. The Bertz CT molecular complexity index is 1260. The van der Waals surface area contributed by atoms with Gasteiger partial charge in [0.2, 0.25) is 23.6 Å². The number of nitrogens with zero attached hydrogens (tertiary/aromatic N) is 3. The molecule has 4 atom stereocenters. The third-order valence-electron chi connectivity index (χ3n) is 7.56. The zero-order valence-corrected chi connectivity index (χ0v) is 23.4. The molecule has 2 aliphatic rings. The number of hydrogen-bond acceptors (Lipinski definition) is 7. The van der Waals surface area contributed by atoms with E-state index in [4.69, 9.17) is 0 Å². The molecule has 2 aromatic rings. The number of phenolic OH excluding ortho intramolecular Hbond substituents is 1. The van der Waals surface area contributed by atoms with Gasteiger partial charge < -0.3 is 35.8 Å². The number of aromatic hydroxyl groups is 1. The van der Waals surface area contributed by atoms with Crippen LogP contribution in [-0.4, -0.2) is 87.5 Å². The summed E-state index contributed by atoms with van der Waals surface area (Å²) in [6.45, 7) is 5.99. The van der Waals surface area contributed by atoms with Crippen molar-refractivity contribution in [3.8, 4) is 11.4 Å². The number of aromatic nitrogens is 2. The number of rotatable bonds is 2. The smallest absolute Gasteiger partial charge is 0.243 e. The fourth-order valence-corrected chi connectivity index (χ4v) is 5.19. The number of nitrogens with one attached hydrogen (secondary N) is 4. The Balaban J connectivity index is 1.65. The lowest BCUT2D eigenvalue weighted by Gasteiger charge is -2.29. The number of carbonyl (C=O) groups is 4. The molecule has 1 saturated heterocycles. The van der Waals surface area contributed by atoms with Crippen molar-refractivity contribution in [3.05, 3.63) is 42.0 Å². The summed E-state index contributed by atoms with van der Waals surface area (Å²) in [7, 11) is 1.69. The van der Waals surface area contributed by atoms with E-state index in [1.54, 1.807) is 48.1 Å². The van der Waals surface area contributed by atoms with Crippen molar-refractivity contribution in [2.75, 3.05) is 20.1 Å². The van der Waals surface area contributed by atoms with Crippen LogP contribution in [0.2, 0.25) is 0 Å². The molecule has 0 radical (unpaired) electrons. The van der Waals surface area contributed by atoms with Crippen LogP contribution in [0, 0.1) is 5.92 Å². The Morgan fingerprint density at radius 1 is 1.10 bits per heavy atom. The molecule has 0 aliphatic carbocycles. The van der Waals surface area contributed by atoms with Gasteiger partial charge in [-0.1, -0.05) is 19.9 Å². The molecule has 0 spiro atoms. The first-order valence-corrected chi connectivity index (χ1v) is 13.8. The van der Waals surface area contributed by atoms with Crippen LogP contribution in [0.5, 0.6) is 5.75 Å². The third kappa shape index (κ3) is 6.44. The number of carbonyl (C=O) groups excluding carboxylic acids is 4. The average Bonchev–Trinajstić information content (AvgIpc) is 3.60. The maximum Gasteiger partial charge on any atom is 0.243 e. The number of fused-ring (bicyclic) bond motifs is 6. The molecule has 5 N–H and O–H groups in total. The highest BCUT2D eigenvalue weighted by molar-refractivity contribution is 5.95. The highest BCUT2D eigenvalue weighted by Gasteiger charge is 2.38. The standard InChI is InChI=1S/C28H39N7O5/c1-16(2)24-27(39)30-10-9-18-7-8-23(36)22(12-18)34-14-19(31-15-34)13-20(29-4)28(40)35-11-5-6-21(35)26(38)32-17(3)25(37)33-24/h7-8,12,14-17,20-21,24,29,36H,5-6,9-11,13H2,1-4H3,(H,30,39)(H,32,38)(H,33,37)/t17-,20-,21-,24-/m0/s1. The van der Waals surface area contributed by atoms with Crippen LogP contribution in [0.1, 0.15) is 44.9 Å². The second-order valence-electron chi connectivity index (χ2n) is 10.8. The first-order valence-electron chi connectivity index (χ1n) is 13.8. The van der Waals surface area contributed by atoms with Crippen LogP contribution in [0.15, 0.2) is 30.7 Å². The molecular formula is C28H39N7O5. The maximum absolute atomic E-state index is 13.5. The lowest BCUT2D eigenvalue weighted by molar-refractivity contribution is -0.141. The van der Waals surface area contributed by atoms with Crippen LogP contribution < -0.4 is 21.3 Å². The fourth-order valence-electron chi connectivity index (χ4n) is 5.19. The van der Waals surface area contributed by atoms with Crippen molar-refractivity contribution >= 4 is 23.6 Å². The zero-order chi connectivity index (χ0) is 29.0. The molecule has 1 aromatic heterocycles. The highest BCUT2D eigenvalue weighted by Crippen LogP contribution is 2.24. The van der Waals surface area contributed by atoms with E-state index in [9.17, 15) is 24.3 Å². The molecule has 4 amide bonds. The number of phenols is 1. The summed E-state index contributed by atoms with van der Waals surface area (Å²) in [4.78, 5) is 58.7. The van der Waals surface area contributed by atoms with E-state index in [0.717, 1.165) is 5.56 Å². The van der Waals surface area contributed by atoms with Gasteiger partial charge in [0.15, 0.2) is 0 Å². The SMILES string of the molecule is CN[C@H]1Cc2cn(cn2)-c2cc(ccc2O)CCNC(=O)[C@H](C(C)C)NC(=O)[C@H](C)NC(=O)[C@@H]2CCCN2C1=O. The first-order chi connectivity index (χ1) is 19.1. The van der Waals surface area contributed by atoms with Gasteiger partial charge in [0, 0.05) is 25.7 Å². The molecule has 4 rings (SSSR count). The number of amides is 4. The Morgan fingerprint density at radius 2 is 1.88 bits per heavy atom. The lowest BCUT2D eigenvalue weighted by Crippen LogP contribution is -2.57. The molecule has 3 heterocycles. The molecule has 12 heteroatoms. The maximum atomic E-state index is 13.5. The van der Waals surface area contributed by atoms with E-state index in [1.165, 1.54) is 0 Å². The van der Waals surface area contributed by atoms with Gasteiger partial charge >= 0.3 is 0 Å². The average molecular weight is 554 g/mol. The van der Waals surface area contributed by atoms with Crippen molar-refractivity contribution < 1.29 is 24.3 Å². The second-order valence-corrected chi connectivity index (χ2v) is 10.8. The summed E-state index contributed by atoms with van der Waals surface area (Å²) >= 11 is 0. The lowest BCUT2D eigenvalue weighted by atomic mass is 10.0. The summed E-state index contributed by atoms with van der Waals surface area (Å²) in [6.07, 6.45) is 5.29. The van der Waals surface area contributed by atoms with Crippen molar-refractivity contribution in [2.24, 2.45) is 5.92 Å². The number of likely N-dealkylation sites (N-methyl/N-ethyl adjacent to an activating group) is 1. The summed E-state index contributed by atoms with van der Waals surface area (Å²) < 4.78 is 1.70. The van der Waals surface area contributed by atoms with Gasteiger partial charge in [-0.2, -0.15) is 0 Å². The summed E-state index contributed by atoms with van der Waals surface area (Å²) in [5.74, 6) is -1.55. The molecule has 4 bridgehead atoms. The third-order valence-corrected chi connectivity index (χ3v) is 7.56. The van der Waals surface area contributed by atoms with Gasteiger partial charge in [-0.15, -0.1) is 0 Å². The molecule has 40 heavy (non-hydrogen) atoms. The van der Waals surface area contributed by atoms with Crippen LogP contribution in [0.3, 0.4) is 0 Å². The van der Waals surface area contributed by atoms with E-state index < -0.39 is 36.0 Å². The molecule has 0 unspecified atom stereocenters. The minimum absolute atomic E-state index is 0.0685. The van der Waals surface area contributed by atoms with Gasteiger partial charge in [0.05, 0.1) is 23.8 Å². The van der Waals surface area contributed by atoms with Crippen molar-refractivity contribution in [1.82, 2.24) is 35.7 Å². The largest absolute Gasteiger partial charge is 0.506 e. The Hall–Kier alpha value is -3.93. The first kappa shape index (κ1) is 29.1. The molecular weight excluding hydrogens is 514 g/mol. The molecule has 2 aliphatic heterocycles. The molecule has 12 nitrogen and oxygen atoms in total.